The van der Waals surface area contributed by atoms with Crippen molar-refractivity contribution in [1.29, 1.82) is 0 Å². The van der Waals surface area contributed by atoms with Gasteiger partial charge in [0, 0.05) is 17.4 Å². The molecule has 4 rings (SSSR count). The summed E-state index contributed by atoms with van der Waals surface area (Å²) in [6, 6.07) is 15.6. The first-order valence-corrected chi connectivity index (χ1v) is 15.0. The fourth-order valence-corrected chi connectivity index (χ4v) is 5.87. The average Bonchev–Trinajstić information content (AvgIpc) is 2.89. The van der Waals surface area contributed by atoms with E-state index in [9.17, 15) is 21.6 Å². The predicted octanol–water partition coefficient (Wildman–Crippen LogP) is 3.67. The number of ether oxygens (including phenoxy) is 2. The zero-order valence-electron chi connectivity index (χ0n) is 21.2. The van der Waals surface area contributed by atoms with Gasteiger partial charge in [0.05, 0.1) is 16.3 Å². The number of amides is 1. The molecule has 2 N–H and O–H groups in total. The number of anilines is 3. The lowest BCUT2D eigenvalue weighted by Crippen LogP contribution is -2.39. The number of rotatable bonds is 9. The van der Waals surface area contributed by atoms with E-state index in [-0.39, 0.29) is 16.3 Å². The van der Waals surface area contributed by atoms with Gasteiger partial charge < -0.3 is 14.8 Å². The van der Waals surface area contributed by atoms with Gasteiger partial charge in [-0.15, -0.1) is 0 Å². The predicted molar refractivity (Wildman–Crippen MR) is 146 cm³/mol. The van der Waals surface area contributed by atoms with E-state index in [1.165, 1.54) is 37.3 Å². The van der Waals surface area contributed by atoms with Crippen LogP contribution in [0, 0.1) is 13.8 Å². The monoisotopic (exact) mass is 559 g/mol. The molecule has 1 aliphatic heterocycles. The van der Waals surface area contributed by atoms with Crippen molar-refractivity contribution in [3.8, 4) is 11.5 Å². The topological polar surface area (TPSA) is 131 Å². The largest absolute Gasteiger partial charge is 0.486 e. The average molecular weight is 560 g/mol. The number of nitrogens with one attached hydrogen (secondary N) is 2. The molecule has 0 saturated heterocycles. The van der Waals surface area contributed by atoms with E-state index in [2.05, 4.69) is 10.0 Å². The summed E-state index contributed by atoms with van der Waals surface area (Å²) in [5.74, 6) is 0.0900. The minimum atomic E-state index is -3.85. The highest BCUT2D eigenvalue weighted by atomic mass is 32.2. The van der Waals surface area contributed by atoms with Crippen molar-refractivity contribution >= 4 is 43.0 Å². The summed E-state index contributed by atoms with van der Waals surface area (Å²) in [7, 11) is -7.65. The second kappa shape index (κ2) is 10.9. The van der Waals surface area contributed by atoms with Gasteiger partial charge in [0.2, 0.25) is 15.9 Å². The number of sulfonamides is 2. The first-order valence-electron chi connectivity index (χ1n) is 11.9. The Labute approximate surface area is 222 Å². The highest BCUT2D eigenvalue weighted by Crippen LogP contribution is 2.35. The van der Waals surface area contributed by atoms with Gasteiger partial charge in [0.1, 0.15) is 19.8 Å². The number of hydrogen-bond donors (Lipinski definition) is 2. The van der Waals surface area contributed by atoms with Gasteiger partial charge in [-0.05, 0) is 80.4 Å². The summed E-state index contributed by atoms with van der Waals surface area (Å²) in [6.07, 6.45) is 0. The highest BCUT2D eigenvalue weighted by molar-refractivity contribution is 7.93. The first-order chi connectivity index (χ1) is 18.0. The molecule has 1 heterocycles. The summed E-state index contributed by atoms with van der Waals surface area (Å²) in [6.45, 7) is 5.57. The number of hydrogen-bond acceptors (Lipinski definition) is 7. The maximum Gasteiger partial charge on any atom is 0.261 e. The Morgan fingerprint density at radius 2 is 1.50 bits per heavy atom. The van der Waals surface area contributed by atoms with E-state index in [0.29, 0.717) is 36.1 Å². The Kier molecular flexibility index (Phi) is 7.83. The van der Waals surface area contributed by atoms with Crippen LogP contribution < -0.4 is 23.8 Å². The second-order valence-electron chi connectivity index (χ2n) is 8.71. The number of fused-ring (bicyclic) bond motifs is 1. The van der Waals surface area contributed by atoms with Crippen LogP contribution in [0.1, 0.15) is 18.1 Å². The lowest BCUT2D eigenvalue weighted by atomic mass is 10.1. The molecule has 0 atom stereocenters. The van der Waals surface area contributed by atoms with Gasteiger partial charge in [-0.25, -0.2) is 16.8 Å². The molecule has 0 aliphatic carbocycles. The third-order valence-corrected chi connectivity index (χ3v) is 9.15. The highest BCUT2D eigenvalue weighted by Gasteiger charge is 2.25. The van der Waals surface area contributed by atoms with Gasteiger partial charge in [-0.2, -0.15) is 0 Å². The number of carbonyl (C=O) groups is 1. The number of aryl methyl sites for hydroxylation is 2. The molecule has 1 amide bonds. The Morgan fingerprint density at radius 3 is 2.16 bits per heavy atom. The van der Waals surface area contributed by atoms with E-state index in [1.807, 2.05) is 19.9 Å². The lowest BCUT2D eigenvalue weighted by molar-refractivity contribution is -0.114. The van der Waals surface area contributed by atoms with Crippen LogP contribution in [0.4, 0.5) is 17.1 Å². The van der Waals surface area contributed by atoms with Crippen molar-refractivity contribution in [1.82, 2.24) is 0 Å². The van der Waals surface area contributed by atoms with Crippen LogP contribution in [0.5, 0.6) is 11.5 Å². The normalized spacial score (nSPS) is 13.0. The van der Waals surface area contributed by atoms with Crippen molar-refractivity contribution in [3.05, 3.63) is 71.8 Å². The van der Waals surface area contributed by atoms with Crippen LogP contribution in [-0.2, 0) is 24.8 Å². The summed E-state index contributed by atoms with van der Waals surface area (Å²) in [5.41, 5.74) is 3.04. The Morgan fingerprint density at radius 1 is 0.842 bits per heavy atom. The molecule has 0 saturated carbocycles. The van der Waals surface area contributed by atoms with Crippen LogP contribution in [0.3, 0.4) is 0 Å². The minimum absolute atomic E-state index is 0.0141. The fraction of sp³-hybridized carbons (Fsp3) is 0.269. The summed E-state index contributed by atoms with van der Waals surface area (Å²) in [5, 5.41) is 2.63. The summed E-state index contributed by atoms with van der Waals surface area (Å²) >= 11 is 0. The minimum Gasteiger partial charge on any atom is -0.486 e. The molecular weight excluding hydrogens is 530 g/mol. The molecule has 0 fully saturated rings. The van der Waals surface area contributed by atoms with Crippen molar-refractivity contribution in [2.45, 2.75) is 25.7 Å². The van der Waals surface area contributed by atoms with Gasteiger partial charge in [0.25, 0.3) is 10.0 Å². The molecule has 202 valence electrons. The van der Waals surface area contributed by atoms with Crippen LogP contribution in [0.25, 0.3) is 0 Å². The van der Waals surface area contributed by atoms with Crippen molar-refractivity contribution < 1.29 is 31.1 Å². The molecule has 10 nitrogen and oxygen atoms in total. The van der Waals surface area contributed by atoms with Crippen molar-refractivity contribution in [2.24, 2.45) is 0 Å². The lowest BCUT2D eigenvalue weighted by Gasteiger charge is -2.25. The molecule has 38 heavy (non-hydrogen) atoms. The molecule has 0 bridgehead atoms. The van der Waals surface area contributed by atoms with E-state index >= 15 is 0 Å². The molecule has 12 heteroatoms. The van der Waals surface area contributed by atoms with Crippen molar-refractivity contribution in [3.63, 3.8) is 0 Å². The molecule has 0 spiro atoms. The number of carbonyl (C=O) groups excluding carboxylic acids is 1. The molecular formula is C26H29N3O7S2. The van der Waals surface area contributed by atoms with E-state index < -0.39 is 32.5 Å². The van der Waals surface area contributed by atoms with Crippen LogP contribution in [0.2, 0.25) is 0 Å². The second-order valence-corrected chi connectivity index (χ2v) is 12.6. The SMILES string of the molecule is CCS(=O)(=O)N(CC(=O)Nc1ccc(S(=O)(=O)Nc2ccc(C)c(C)c2)cc1)c1ccc2c(c1)OCCO2. The maximum atomic E-state index is 12.8. The maximum absolute atomic E-state index is 12.8. The number of nitrogens with zero attached hydrogens (tertiary/aromatic N) is 1. The molecule has 3 aromatic rings. The smallest absolute Gasteiger partial charge is 0.261 e. The summed E-state index contributed by atoms with van der Waals surface area (Å²) < 4.78 is 65.8. The van der Waals surface area contributed by atoms with Gasteiger partial charge >= 0.3 is 0 Å². The van der Waals surface area contributed by atoms with E-state index in [4.69, 9.17) is 9.47 Å². The Balaban J connectivity index is 1.47. The first kappa shape index (κ1) is 27.3. The van der Waals surface area contributed by atoms with Gasteiger partial charge in [-0.3, -0.25) is 13.8 Å². The van der Waals surface area contributed by atoms with E-state index in [1.54, 1.807) is 24.3 Å². The zero-order chi connectivity index (χ0) is 27.5. The fourth-order valence-electron chi connectivity index (χ4n) is 3.76. The molecule has 3 aromatic carbocycles. The third-order valence-electron chi connectivity index (χ3n) is 6.01. The standard InChI is InChI=1S/C26H29N3O7S2/c1-4-37(31,32)29(22-9-12-24-25(16-22)36-14-13-35-24)17-26(30)27-20-7-10-23(11-8-20)38(33,34)28-21-6-5-18(2)19(3)15-21/h5-12,15-16,28H,4,13-14,17H2,1-3H3,(H,27,30). The van der Waals surface area contributed by atoms with Crippen molar-refractivity contribution in [2.75, 3.05) is 39.9 Å². The number of benzene rings is 3. The third kappa shape index (κ3) is 6.20. The van der Waals surface area contributed by atoms with Crippen LogP contribution in [0.15, 0.2) is 65.6 Å². The van der Waals surface area contributed by atoms with E-state index in [0.717, 1.165) is 15.4 Å². The van der Waals surface area contributed by atoms with Crippen LogP contribution >= 0.6 is 0 Å². The Hall–Kier alpha value is -3.77. The molecule has 1 aliphatic rings. The quantitative estimate of drug-likeness (QED) is 0.409. The Bertz CT molecular complexity index is 1550. The molecule has 0 aromatic heterocycles. The zero-order valence-corrected chi connectivity index (χ0v) is 22.9. The summed E-state index contributed by atoms with van der Waals surface area (Å²) in [4.78, 5) is 12.8. The van der Waals surface area contributed by atoms with Gasteiger partial charge in [-0.1, -0.05) is 6.07 Å². The molecule has 0 radical (unpaired) electrons. The van der Waals surface area contributed by atoms with Crippen LogP contribution in [-0.4, -0.2) is 48.3 Å². The molecule has 0 unspecified atom stereocenters. The van der Waals surface area contributed by atoms with Gasteiger partial charge in [0.15, 0.2) is 11.5 Å².